The molecule has 0 N–H and O–H groups in total. The highest BCUT2D eigenvalue weighted by Gasteiger charge is 2.20. The monoisotopic (exact) mass is 332 g/mol. The van der Waals surface area contributed by atoms with Gasteiger partial charge >= 0.3 is 5.97 Å². The van der Waals surface area contributed by atoms with Gasteiger partial charge in [-0.05, 0) is 42.0 Å². The molecule has 1 unspecified atom stereocenters. The second-order valence-electron chi connectivity index (χ2n) is 5.28. The van der Waals surface area contributed by atoms with Crippen LogP contribution in [-0.2, 0) is 16.0 Å². The third kappa shape index (κ3) is 4.56. The first kappa shape index (κ1) is 17.0. The summed E-state index contributed by atoms with van der Waals surface area (Å²) in [5.74, 6) is 0.401. The molecule has 0 amide bonds. The SMILES string of the molecule is COC(=O)C(Cc1ccc(OC(=S)N(C)C)cc1)n1cccc1. The molecule has 23 heavy (non-hydrogen) atoms. The van der Waals surface area contributed by atoms with E-state index >= 15 is 0 Å². The smallest absolute Gasteiger partial charge is 0.329 e. The van der Waals surface area contributed by atoms with Crippen molar-refractivity contribution in [2.24, 2.45) is 0 Å². The molecule has 0 aliphatic carbocycles. The standard InChI is InChI=1S/C17H20N2O3S/c1-18(2)17(23)22-14-8-6-13(7-9-14)12-15(16(20)21-3)19-10-4-5-11-19/h4-11,15H,12H2,1-3H3. The van der Waals surface area contributed by atoms with E-state index in [-0.39, 0.29) is 12.0 Å². The lowest BCUT2D eigenvalue weighted by molar-refractivity contribution is -0.144. The van der Waals surface area contributed by atoms with Gasteiger partial charge in [0.1, 0.15) is 11.8 Å². The lowest BCUT2D eigenvalue weighted by Gasteiger charge is -2.17. The normalized spacial score (nSPS) is 11.6. The maximum atomic E-state index is 12.0. The molecule has 0 spiro atoms. The number of hydrogen-bond acceptors (Lipinski definition) is 4. The Bertz CT molecular complexity index is 651. The molecular weight excluding hydrogens is 312 g/mol. The minimum Gasteiger partial charge on any atom is -0.467 e. The topological polar surface area (TPSA) is 43.7 Å². The molecule has 5 nitrogen and oxygen atoms in total. The Kier molecular flexibility index (Phi) is 5.76. The van der Waals surface area contributed by atoms with E-state index in [0.29, 0.717) is 17.3 Å². The highest BCUT2D eigenvalue weighted by molar-refractivity contribution is 7.80. The fraction of sp³-hybridized carbons (Fsp3) is 0.294. The Balaban J connectivity index is 2.09. The third-order valence-electron chi connectivity index (χ3n) is 3.38. The molecule has 1 atom stereocenters. The van der Waals surface area contributed by atoms with Crippen molar-refractivity contribution in [3.8, 4) is 5.75 Å². The van der Waals surface area contributed by atoms with Crippen LogP contribution in [0.4, 0.5) is 0 Å². The summed E-state index contributed by atoms with van der Waals surface area (Å²) in [5, 5.41) is 0.400. The number of methoxy groups -OCH3 is 1. The Labute approximate surface area is 141 Å². The second-order valence-corrected chi connectivity index (χ2v) is 5.63. The molecule has 0 saturated carbocycles. The van der Waals surface area contributed by atoms with Crippen molar-refractivity contribution in [1.29, 1.82) is 0 Å². The first-order chi connectivity index (χ1) is 11.0. The number of nitrogens with zero attached hydrogens (tertiary/aromatic N) is 2. The predicted octanol–water partition coefficient (Wildman–Crippen LogP) is 2.67. The molecule has 1 aromatic carbocycles. The number of esters is 1. The summed E-state index contributed by atoms with van der Waals surface area (Å²) in [7, 11) is 5.06. The number of benzene rings is 1. The molecule has 122 valence electrons. The van der Waals surface area contributed by atoms with Gasteiger partial charge in [-0.3, -0.25) is 0 Å². The maximum Gasteiger partial charge on any atom is 0.329 e. The fourth-order valence-electron chi connectivity index (χ4n) is 2.11. The zero-order chi connectivity index (χ0) is 16.8. The third-order valence-corrected chi connectivity index (χ3v) is 3.83. The van der Waals surface area contributed by atoms with Crippen LogP contribution in [-0.4, -0.2) is 41.8 Å². The first-order valence-electron chi connectivity index (χ1n) is 7.19. The number of rotatable bonds is 5. The molecule has 0 radical (unpaired) electrons. The molecule has 0 fully saturated rings. The van der Waals surface area contributed by atoms with Gasteiger partial charge in [-0.2, -0.15) is 0 Å². The van der Waals surface area contributed by atoms with E-state index in [2.05, 4.69) is 0 Å². The van der Waals surface area contributed by atoms with Crippen molar-refractivity contribution < 1.29 is 14.3 Å². The molecular formula is C17H20N2O3S. The van der Waals surface area contributed by atoms with Gasteiger partial charge in [-0.15, -0.1) is 0 Å². The molecule has 0 bridgehead atoms. The van der Waals surface area contributed by atoms with Crippen molar-refractivity contribution in [2.45, 2.75) is 12.5 Å². The van der Waals surface area contributed by atoms with Crippen LogP contribution in [0, 0.1) is 0 Å². The zero-order valence-corrected chi connectivity index (χ0v) is 14.2. The van der Waals surface area contributed by atoms with Gasteiger partial charge in [0.25, 0.3) is 5.17 Å². The molecule has 0 aliphatic heterocycles. The van der Waals surface area contributed by atoms with Crippen LogP contribution in [0.5, 0.6) is 5.75 Å². The van der Waals surface area contributed by atoms with Gasteiger partial charge in [-0.25, -0.2) is 4.79 Å². The quantitative estimate of drug-likeness (QED) is 0.622. The molecule has 6 heteroatoms. The van der Waals surface area contributed by atoms with Crippen LogP contribution >= 0.6 is 12.2 Å². The average molecular weight is 332 g/mol. The number of carbonyl (C=O) groups is 1. The summed E-state index contributed by atoms with van der Waals surface area (Å²) < 4.78 is 12.3. The lowest BCUT2D eigenvalue weighted by Crippen LogP contribution is -2.25. The van der Waals surface area contributed by atoms with Crippen LogP contribution in [0.3, 0.4) is 0 Å². The summed E-state index contributed by atoms with van der Waals surface area (Å²) in [6.45, 7) is 0. The molecule has 0 saturated heterocycles. The van der Waals surface area contributed by atoms with Gasteiger partial charge in [0.2, 0.25) is 0 Å². The Hall–Kier alpha value is -2.34. The van der Waals surface area contributed by atoms with E-state index in [0.717, 1.165) is 5.56 Å². The summed E-state index contributed by atoms with van der Waals surface area (Å²) in [4.78, 5) is 13.7. The maximum absolute atomic E-state index is 12.0. The summed E-state index contributed by atoms with van der Waals surface area (Å²) >= 11 is 5.11. The van der Waals surface area contributed by atoms with Crippen molar-refractivity contribution in [3.63, 3.8) is 0 Å². The zero-order valence-electron chi connectivity index (χ0n) is 13.4. The predicted molar refractivity (Wildman–Crippen MR) is 92.5 cm³/mol. The van der Waals surface area contributed by atoms with Crippen LogP contribution < -0.4 is 4.74 Å². The number of thiocarbonyl (C=S) groups is 1. The van der Waals surface area contributed by atoms with Crippen molar-refractivity contribution >= 4 is 23.4 Å². The average Bonchev–Trinajstić information content (AvgIpc) is 3.07. The summed E-state index contributed by atoms with van der Waals surface area (Å²) in [6, 6.07) is 10.9. The number of aromatic nitrogens is 1. The van der Waals surface area contributed by atoms with E-state index in [1.165, 1.54) is 7.11 Å². The number of ether oxygens (including phenoxy) is 2. The first-order valence-corrected chi connectivity index (χ1v) is 7.60. The van der Waals surface area contributed by atoms with Crippen molar-refractivity contribution in [1.82, 2.24) is 9.47 Å². The van der Waals surface area contributed by atoms with Gasteiger partial charge in [0.05, 0.1) is 7.11 Å². The number of hydrogen-bond donors (Lipinski definition) is 0. The summed E-state index contributed by atoms with van der Waals surface area (Å²) in [6.07, 6.45) is 4.25. The molecule has 1 heterocycles. The van der Waals surface area contributed by atoms with Crippen LogP contribution in [0.1, 0.15) is 11.6 Å². The highest BCUT2D eigenvalue weighted by atomic mass is 32.1. The van der Waals surface area contributed by atoms with E-state index in [4.69, 9.17) is 21.7 Å². The van der Waals surface area contributed by atoms with E-state index in [1.54, 1.807) is 4.90 Å². The summed E-state index contributed by atoms with van der Waals surface area (Å²) in [5.41, 5.74) is 1.01. The van der Waals surface area contributed by atoms with Crippen LogP contribution in [0.25, 0.3) is 0 Å². The van der Waals surface area contributed by atoms with Gasteiger partial charge in [0, 0.05) is 32.9 Å². The lowest BCUT2D eigenvalue weighted by atomic mass is 10.1. The minimum absolute atomic E-state index is 0.268. The van der Waals surface area contributed by atoms with E-state index < -0.39 is 0 Å². The second kappa shape index (κ2) is 7.78. The van der Waals surface area contributed by atoms with Crippen LogP contribution in [0.2, 0.25) is 0 Å². The highest BCUT2D eigenvalue weighted by Crippen LogP contribution is 2.19. The van der Waals surface area contributed by atoms with Crippen molar-refractivity contribution in [2.75, 3.05) is 21.2 Å². The molecule has 1 aromatic heterocycles. The molecule has 2 aromatic rings. The van der Waals surface area contributed by atoms with Gasteiger partial charge in [0.15, 0.2) is 0 Å². The van der Waals surface area contributed by atoms with Gasteiger partial charge < -0.3 is 18.9 Å². The minimum atomic E-state index is -0.385. The van der Waals surface area contributed by atoms with E-state index in [9.17, 15) is 4.79 Å². The van der Waals surface area contributed by atoms with Gasteiger partial charge in [-0.1, -0.05) is 12.1 Å². The van der Waals surface area contributed by atoms with Crippen molar-refractivity contribution in [3.05, 3.63) is 54.4 Å². The molecule has 0 aliphatic rings. The van der Waals surface area contributed by atoms with E-state index in [1.807, 2.05) is 67.5 Å². The largest absolute Gasteiger partial charge is 0.467 e. The van der Waals surface area contributed by atoms with Crippen LogP contribution in [0.15, 0.2) is 48.8 Å². The molecule has 2 rings (SSSR count). The number of carbonyl (C=O) groups excluding carboxylic acids is 1. The fourth-order valence-corrected chi connectivity index (χ4v) is 2.21. The Morgan fingerprint density at radius 1 is 1.22 bits per heavy atom. The Morgan fingerprint density at radius 2 is 1.83 bits per heavy atom. The Morgan fingerprint density at radius 3 is 2.35 bits per heavy atom.